The summed E-state index contributed by atoms with van der Waals surface area (Å²) in [6, 6.07) is 30.5. The molecule has 4 rings (SSSR count). The van der Waals surface area contributed by atoms with Crippen LogP contribution in [-0.2, 0) is 9.59 Å². The van der Waals surface area contributed by atoms with Gasteiger partial charge in [-0.25, -0.2) is 0 Å². The summed E-state index contributed by atoms with van der Waals surface area (Å²) in [7, 11) is 1.58. The smallest absolute Gasteiger partial charge is 0.272 e. The zero-order valence-electron chi connectivity index (χ0n) is 23.1. The Morgan fingerprint density at radius 2 is 1.57 bits per heavy atom. The molecule has 4 aromatic carbocycles. The molecule has 3 amide bonds. The standard InChI is InChI=1S/C33H30BrN3O4S/c1-3-30(33(40)35-25-16-14-24(34)15-17-25)42-28-11-7-10-26(21-28)36-32(39)29(20-22-12-18-27(41-2)19-13-22)37-31(38)23-8-5-4-6-9-23/h4-21,30H,3H2,1-2H3,(H,35,40)(H,36,39)(H,37,38)/b29-20+. The highest BCUT2D eigenvalue weighted by Gasteiger charge is 2.19. The molecule has 7 nitrogen and oxygen atoms in total. The van der Waals surface area contributed by atoms with Crippen LogP contribution in [0.5, 0.6) is 5.75 Å². The molecule has 0 bridgehead atoms. The molecule has 1 unspecified atom stereocenters. The van der Waals surface area contributed by atoms with Gasteiger partial charge in [0.05, 0.1) is 12.4 Å². The average Bonchev–Trinajstić information content (AvgIpc) is 3.01. The monoisotopic (exact) mass is 643 g/mol. The first-order chi connectivity index (χ1) is 20.3. The molecule has 0 aliphatic rings. The quantitative estimate of drug-likeness (QED) is 0.117. The van der Waals surface area contributed by atoms with E-state index < -0.39 is 11.8 Å². The van der Waals surface area contributed by atoms with Crippen molar-refractivity contribution < 1.29 is 19.1 Å². The lowest BCUT2D eigenvalue weighted by molar-refractivity contribution is -0.116. The summed E-state index contributed by atoms with van der Waals surface area (Å²) in [4.78, 5) is 40.1. The molecule has 0 fully saturated rings. The Morgan fingerprint density at radius 1 is 0.857 bits per heavy atom. The second kappa shape index (κ2) is 15.0. The molecule has 214 valence electrons. The number of halogens is 1. The van der Waals surface area contributed by atoms with Gasteiger partial charge in [-0.05, 0) is 84.8 Å². The highest BCUT2D eigenvalue weighted by Crippen LogP contribution is 2.29. The topological polar surface area (TPSA) is 96.5 Å². The fourth-order valence-corrected chi connectivity index (χ4v) is 5.17. The number of hydrogen-bond acceptors (Lipinski definition) is 5. The predicted octanol–water partition coefficient (Wildman–Crippen LogP) is 7.38. The molecule has 0 aliphatic carbocycles. The third-order valence-electron chi connectivity index (χ3n) is 6.10. The van der Waals surface area contributed by atoms with Crippen LogP contribution >= 0.6 is 27.7 Å². The highest BCUT2D eigenvalue weighted by molar-refractivity contribution is 9.10. The van der Waals surface area contributed by atoms with Crippen molar-refractivity contribution in [3.05, 3.63) is 124 Å². The number of ether oxygens (including phenoxy) is 1. The van der Waals surface area contributed by atoms with Crippen molar-refractivity contribution in [2.75, 3.05) is 17.7 Å². The van der Waals surface area contributed by atoms with E-state index in [2.05, 4.69) is 31.9 Å². The number of methoxy groups -OCH3 is 1. The van der Waals surface area contributed by atoms with Crippen LogP contribution in [0.15, 0.2) is 118 Å². The first-order valence-corrected chi connectivity index (χ1v) is 14.9. The maximum atomic E-state index is 13.4. The molecule has 0 saturated carbocycles. The number of thioether (sulfide) groups is 1. The van der Waals surface area contributed by atoms with Gasteiger partial charge in [0, 0.05) is 26.3 Å². The minimum absolute atomic E-state index is 0.0763. The molecule has 0 aromatic heterocycles. The molecule has 0 saturated heterocycles. The van der Waals surface area contributed by atoms with Crippen LogP contribution in [-0.4, -0.2) is 30.1 Å². The maximum Gasteiger partial charge on any atom is 0.272 e. The van der Waals surface area contributed by atoms with E-state index in [0.29, 0.717) is 29.0 Å². The third kappa shape index (κ3) is 8.83. The number of nitrogens with one attached hydrogen (secondary N) is 3. The summed E-state index contributed by atoms with van der Waals surface area (Å²) < 4.78 is 6.15. The lowest BCUT2D eigenvalue weighted by Crippen LogP contribution is -2.30. The first-order valence-electron chi connectivity index (χ1n) is 13.2. The second-order valence-corrected chi connectivity index (χ2v) is 11.3. The van der Waals surface area contributed by atoms with Gasteiger partial charge in [0.1, 0.15) is 11.4 Å². The fraction of sp³-hybridized carbons (Fsp3) is 0.121. The van der Waals surface area contributed by atoms with E-state index in [-0.39, 0.29) is 16.9 Å². The molecule has 4 aromatic rings. The Hall–Kier alpha value is -4.34. The zero-order chi connectivity index (χ0) is 29.9. The molecule has 3 N–H and O–H groups in total. The van der Waals surface area contributed by atoms with Gasteiger partial charge in [-0.2, -0.15) is 0 Å². The summed E-state index contributed by atoms with van der Waals surface area (Å²) >= 11 is 4.81. The van der Waals surface area contributed by atoms with Crippen molar-refractivity contribution in [3.8, 4) is 5.75 Å². The van der Waals surface area contributed by atoms with Crippen molar-refractivity contribution in [1.82, 2.24) is 5.32 Å². The number of anilines is 2. The van der Waals surface area contributed by atoms with E-state index in [4.69, 9.17) is 4.74 Å². The first kappa shape index (κ1) is 30.6. The normalized spacial score (nSPS) is 11.7. The summed E-state index contributed by atoms with van der Waals surface area (Å²) in [5.74, 6) is -0.320. The lowest BCUT2D eigenvalue weighted by Gasteiger charge is -2.16. The fourth-order valence-electron chi connectivity index (χ4n) is 3.90. The van der Waals surface area contributed by atoms with Crippen molar-refractivity contribution >= 4 is 62.9 Å². The highest BCUT2D eigenvalue weighted by atomic mass is 79.9. The van der Waals surface area contributed by atoms with Crippen molar-refractivity contribution in [2.45, 2.75) is 23.5 Å². The van der Waals surface area contributed by atoms with Crippen molar-refractivity contribution in [2.24, 2.45) is 0 Å². The van der Waals surface area contributed by atoms with Crippen molar-refractivity contribution in [3.63, 3.8) is 0 Å². The van der Waals surface area contributed by atoms with Crippen LogP contribution in [0.1, 0.15) is 29.3 Å². The SMILES string of the molecule is CCC(Sc1cccc(NC(=O)/C(=C\c2ccc(OC)cc2)NC(=O)c2ccccc2)c1)C(=O)Nc1ccc(Br)cc1. The van der Waals surface area contributed by atoms with Crippen LogP contribution in [0.25, 0.3) is 6.08 Å². The number of hydrogen-bond donors (Lipinski definition) is 3. The van der Waals surface area contributed by atoms with Crippen LogP contribution in [0.2, 0.25) is 0 Å². The van der Waals surface area contributed by atoms with Gasteiger partial charge in [0.2, 0.25) is 5.91 Å². The zero-order valence-corrected chi connectivity index (χ0v) is 25.5. The molecule has 0 radical (unpaired) electrons. The number of amides is 3. The number of benzene rings is 4. The van der Waals surface area contributed by atoms with Gasteiger partial charge in [-0.3, -0.25) is 14.4 Å². The summed E-state index contributed by atoms with van der Waals surface area (Å²) in [5, 5.41) is 8.25. The minimum atomic E-state index is -0.489. The van der Waals surface area contributed by atoms with E-state index in [9.17, 15) is 14.4 Å². The van der Waals surface area contributed by atoms with Crippen LogP contribution in [0.3, 0.4) is 0 Å². The Bertz CT molecular complexity index is 1560. The summed E-state index contributed by atoms with van der Waals surface area (Å²) in [5.41, 5.74) is 2.46. The summed E-state index contributed by atoms with van der Waals surface area (Å²) in [6.45, 7) is 1.95. The maximum absolute atomic E-state index is 13.4. The van der Waals surface area contributed by atoms with Crippen LogP contribution in [0, 0.1) is 0 Å². The molecule has 0 spiro atoms. The van der Waals surface area contributed by atoms with E-state index in [1.807, 2.05) is 55.5 Å². The minimum Gasteiger partial charge on any atom is -0.497 e. The Labute approximate surface area is 257 Å². The van der Waals surface area contributed by atoms with Gasteiger partial charge in [0.15, 0.2) is 0 Å². The van der Waals surface area contributed by atoms with Crippen LogP contribution < -0.4 is 20.7 Å². The molecule has 0 heterocycles. The van der Waals surface area contributed by atoms with Gasteiger partial charge >= 0.3 is 0 Å². The molecule has 0 aliphatic heterocycles. The van der Waals surface area contributed by atoms with Gasteiger partial charge in [-0.1, -0.05) is 59.3 Å². The Kier molecular flexibility index (Phi) is 11.0. The largest absolute Gasteiger partial charge is 0.497 e. The average molecular weight is 645 g/mol. The molecular weight excluding hydrogens is 614 g/mol. The number of carbonyl (C=O) groups is 3. The van der Waals surface area contributed by atoms with E-state index in [0.717, 1.165) is 15.1 Å². The lowest BCUT2D eigenvalue weighted by atomic mass is 10.1. The molecule has 1 atom stereocenters. The van der Waals surface area contributed by atoms with Crippen LogP contribution in [0.4, 0.5) is 11.4 Å². The second-order valence-electron chi connectivity index (χ2n) is 9.14. The van der Waals surface area contributed by atoms with E-state index in [1.165, 1.54) is 11.8 Å². The number of rotatable bonds is 11. The molecule has 42 heavy (non-hydrogen) atoms. The van der Waals surface area contributed by atoms with Gasteiger partial charge < -0.3 is 20.7 Å². The summed E-state index contributed by atoms with van der Waals surface area (Å²) in [6.07, 6.45) is 2.22. The Balaban J connectivity index is 1.50. The van der Waals surface area contributed by atoms with Gasteiger partial charge in [0.25, 0.3) is 11.8 Å². The third-order valence-corrected chi connectivity index (χ3v) is 7.99. The molecule has 9 heteroatoms. The van der Waals surface area contributed by atoms with Gasteiger partial charge in [-0.15, -0.1) is 11.8 Å². The molecular formula is C33H30BrN3O4S. The van der Waals surface area contributed by atoms with E-state index in [1.54, 1.807) is 67.8 Å². The predicted molar refractivity (Wildman–Crippen MR) is 173 cm³/mol. The Morgan fingerprint density at radius 3 is 2.24 bits per heavy atom. The van der Waals surface area contributed by atoms with Crippen molar-refractivity contribution in [1.29, 1.82) is 0 Å². The van der Waals surface area contributed by atoms with E-state index >= 15 is 0 Å². The number of carbonyl (C=O) groups excluding carboxylic acids is 3.